The molecule has 1 radical (unpaired) electrons. The third kappa shape index (κ3) is 5.41. The van der Waals surface area contributed by atoms with Crippen molar-refractivity contribution in [2.45, 2.75) is 26.7 Å². The van der Waals surface area contributed by atoms with Crippen LogP contribution < -0.4 is 11.1 Å². The highest BCUT2D eigenvalue weighted by Crippen LogP contribution is 1.78. The van der Waals surface area contributed by atoms with E-state index in [4.69, 9.17) is 5.73 Å². The molecule has 0 saturated carbocycles. The van der Waals surface area contributed by atoms with Gasteiger partial charge in [-0.1, -0.05) is 13.8 Å². The average molecular weight is 142 g/mol. The second-order valence-electron chi connectivity index (χ2n) is 2.12. The lowest BCUT2D eigenvalue weighted by Gasteiger charge is -1.97. The zero-order valence-corrected chi connectivity index (χ0v) is 6.80. The van der Waals surface area contributed by atoms with Gasteiger partial charge in [0.25, 0.3) is 0 Å². The van der Waals surface area contributed by atoms with Gasteiger partial charge in [0.1, 0.15) is 0 Å². The Labute approximate surface area is 62.7 Å². The third-order valence-electron chi connectivity index (χ3n) is 0.995. The Bertz CT molecular complexity index is 99.0. The van der Waals surface area contributed by atoms with Crippen LogP contribution >= 0.6 is 0 Å². The van der Waals surface area contributed by atoms with Crippen LogP contribution in [-0.4, -0.2) is 19.0 Å². The molecule has 0 bridgehead atoms. The van der Waals surface area contributed by atoms with Crippen molar-refractivity contribution in [2.24, 2.45) is 10.7 Å². The summed E-state index contributed by atoms with van der Waals surface area (Å²) in [6.45, 7) is 5.71. The summed E-state index contributed by atoms with van der Waals surface area (Å²) in [6.07, 6.45) is 2.06. The van der Waals surface area contributed by atoms with Gasteiger partial charge >= 0.3 is 0 Å². The highest BCUT2D eigenvalue weighted by Gasteiger charge is 1.88. The summed E-state index contributed by atoms with van der Waals surface area (Å²) in [7, 11) is 0. The van der Waals surface area contributed by atoms with Crippen molar-refractivity contribution in [3.8, 4) is 0 Å². The van der Waals surface area contributed by atoms with Crippen molar-refractivity contribution in [1.82, 2.24) is 5.32 Å². The first-order chi connectivity index (χ1) is 4.81. The number of hydrogen-bond donors (Lipinski definition) is 1. The average Bonchev–Trinajstić information content (AvgIpc) is 1.97. The third-order valence-corrected chi connectivity index (χ3v) is 0.995. The van der Waals surface area contributed by atoms with Gasteiger partial charge in [-0.3, -0.25) is 10.3 Å². The van der Waals surface area contributed by atoms with E-state index in [1.54, 1.807) is 0 Å². The Kier molecular flexibility index (Phi) is 5.92. The zero-order chi connectivity index (χ0) is 7.82. The van der Waals surface area contributed by atoms with Gasteiger partial charge in [-0.15, -0.1) is 0 Å². The summed E-state index contributed by atoms with van der Waals surface area (Å²) in [5.41, 5.74) is 5.43. The van der Waals surface area contributed by atoms with Gasteiger partial charge in [-0.25, -0.2) is 0 Å². The first-order valence-corrected chi connectivity index (χ1v) is 3.78. The molecule has 0 aromatic carbocycles. The van der Waals surface area contributed by atoms with Crippen molar-refractivity contribution in [2.75, 3.05) is 13.1 Å². The van der Waals surface area contributed by atoms with Crippen LogP contribution in [0.5, 0.6) is 0 Å². The van der Waals surface area contributed by atoms with E-state index in [0.29, 0.717) is 5.96 Å². The van der Waals surface area contributed by atoms with E-state index in [-0.39, 0.29) is 0 Å². The lowest BCUT2D eigenvalue weighted by Crippen LogP contribution is -2.25. The van der Waals surface area contributed by atoms with E-state index in [0.717, 1.165) is 25.9 Å². The summed E-state index contributed by atoms with van der Waals surface area (Å²) in [5.74, 6) is 0.448. The SMILES string of the molecule is CCC[N]/C(N)=N/CCC. The largest absolute Gasteiger partial charge is 0.368 e. The van der Waals surface area contributed by atoms with E-state index >= 15 is 0 Å². The van der Waals surface area contributed by atoms with Crippen LogP contribution in [0, 0.1) is 0 Å². The fourth-order valence-corrected chi connectivity index (χ4v) is 0.503. The Morgan fingerprint density at radius 2 is 1.80 bits per heavy atom. The fraction of sp³-hybridized carbons (Fsp3) is 0.857. The zero-order valence-electron chi connectivity index (χ0n) is 6.80. The molecule has 0 heterocycles. The lowest BCUT2D eigenvalue weighted by molar-refractivity contribution is 0.809. The maximum absolute atomic E-state index is 5.43. The Morgan fingerprint density at radius 3 is 2.30 bits per heavy atom. The van der Waals surface area contributed by atoms with Crippen LogP contribution in [0.3, 0.4) is 0 Å². The predicted molar refractivity (Wildman–Crippen MR) is 44.1 cm³/mol. The molecule has 0 saturated heterocycles. The minimum Gasteiger partial charge on any atom is -0.368 e. The van der Waals surface area contributed by atoms with Gasteiger partial charge in [0, 0.05) is 13.1 Å². The van der Waals surface area contributed by atoms with E-state index in [1.807, 2.05) is 0 Å². The van der Waals surface area contributed by atoms with Gasteiger partial charge in [-0.2, -0.15) is 0 Å². The summed E-state index contributed by atoms with van der Waals surface area (Å²) in [6, 6.07) is 0. The molecule has 3 nitrogen and oxygen atoms in total. The van der Waals surface area contributed by atoms with E-state index in [1.165, 1.54) is 0 Å². The molecule has 2 N–H and O–H groups in total. The molecule has 10 heavy (non-hydrogen) atoms. The van der Waals surface area contributed by atoms with Crippen molar-refractivity contribution in [3.05, 3.63) is 0 Å². The molecular formula is C7H16N3. The quantitative estimate of drug-likeness (QED) is 0.456. The van der Waals surface area contributed by atoms with Gasteiger partial charge in [0.2, 0.25) is 5.96 Å². The minimum atomic E-state index is 0.448. The Morgan fingerprint density at radius 1 is 1.20 bits per heavy atom. The van der Waals surface area contributed by atoms with Crippen LogP contribution in [0.2, 0.25) is 0 Å². The maximum atomic E-state index is 5.43. The first kappa shape index (κ1) is 9.27. The molecule has 0 aliphatic carbocycles. The van der Waals surface area contributed by atoms with Crippen LogP contribution in [0.1, 0.15) is 26.7 Å². The molecule has 0 rings (SSSR count). The molecule has 0 amide bonds. The number of aliphatic imine (C=N–C) groups is 1. The number of hydrogen-bond acceptors (Lipinski definition) is 1. The standard InChI is InChI=1S/C7H16N3/c1-3-5-9-7(8)10-6-4-2/h3-6H2,1-2H3,(H2,8,9). The number of nitrogens with two attached hydrogens (primary N) is 1. The molecule has 3 heteroatoms. The van der Waals surface area contributed by atoms with Crippen LogP contribution in [-0.2, 0) is 0 Å². The summed E-state index contributed by atoms with van der Waals surface area (Å²) in [4.78, 5) is 4.01. The molecule has 0 aliphatic rings. The van der Waals surface area contributed by atoms with Crippen molar-refractivity contribution >= 4 is 5.96 Å². The normalized spacial score (nSPS) is 11.6. The summed E-state index contributed by atoms with van der Waals surface area (Å²) >= 11 is 0. The highest BCUT2D eigenvalue weighted by atomic mass is 15.1. The van der Waals surface area contributed by atoms with Crippen molar-refractivity contribution in [3.63, 3.8) is 0 Å². The maximum Gasteiger partial charge on any atom is 0.210 e. The molecule has 0 unspecified atom stereocenters. The second-order valence-corrected chi connectivity index (χ2v) is 2.12. The number of nitrogens with zero attached hydrogens (tertiary/aromatic N) is 2. The smallest absolute Gasteiger partial charge is 0.210 e. The molecule has 0 atom stereocenters. The summed E-state index contributed by atoms with van der Waals surface area (Å²) < 4.78 is 0. The van der Waals surface area contributed by atoms with E-state index in [9.17, 15) is 0 Å². The van der Waals surface area contributed by atoms with Crippen molar-refractivity contribution in [1.29, 1.82) is 0 Å². The van der Waals surface area contributed by atoms with E-state index < -0.39 is 0 Å². The molecular weight excluding hydrogens is 126 g/mol. The monoisotopic (exact) mass is 142 g/mol. The molecule has 0 fully saturated rings. The minimum absolute atomic E-state index is 0.448. The fourth-order valence-electron chi connectivity index (χ4n) is 0.503. The van der Waals surface area contributed by atoms with Crippen LogP contribution in [0.25, 0.3) is 0 Å². The topological polar surface area (TPSA) is 52.5 Å². The Balaban J connectivity index is 3.30. The number of guanidine groups is 1. The molecule has 0 aromatic heterocycles. The molecule has 0 spiro atoms. The predicted octanol–water partition coefficient (Wildman–Crippen LogP) is 0.725. The van der Waals surface area contributed by atoms with Gasteiger partial charge in [0.15, 0.2) is 0 Å². The molecule has 0 aromatic rings. The van der Waals surface area contributed by atoms with Gasteiger partial charge < -0.3 is 5.73 Å². The molecule has 0 aliphatic heterocycles. The van der Waals surface area contributed by atoms with Crippen LogP contribution in [0.4, 0.5) is 0 Å². The van der Waals surface area contributed by atoms with E-state index in [2.05, 4.69) is 24.2 Å². The first-order valence-electron chi connectivity index (χ1n) is 3.78. The second kappa shape index (κ2) is 6.39. The van der Waals surface area contributed by atoms with Crippen molar-refractivity contribution < 1.29 is 0 Å². The molecule has 59 valence electrons. The number of rotatable bonds is 4. The van der Waals surface area contributed by atoms with Gasteiger partial charge in [0.05, 0.1) is 0 Å². The lowest BCUT2D eigenvalue weighted by atomic mass is 10.5. The van der Waals surface area contributed by atoms with Gasteiger partial charge in [-0.05, 0) is 12.8 Å². The Hall–Kier alpha value is -0.730. The highest BCUT2D eigenvalue weighted by molar-refractivity contribution is 5.77. The van der Waals surface area contributed by atoms with Crippen LogP contribution in [0.15, 0.2) is 4.99 Å². The summed E-state index contributed by atoms with van der Waals surface area (Å²) in [5, 5.41) is 4.01.